The number of thiophene rings is 1. The van der Waals surface area contributed by atoms with Crippen molar-refractivity contribution in [3.8, 4) is 0 Å². The molecule has 19 heavy (non-hydrogen) atoms. The Morgan fingerprint density at radius 3 is 3.00 bits per heavy atom. The molecule has 98 valence electrons. The standard InChI is InChI=1S/C11H9N3O4S/c1-18-11(15)9-7(4-6-19-9)13-10-8(14(16)17)3-2-5-12-10/h2-6H,1H3,(H,12,13). The Bertz CT molecular complexity index is 626. The fourth-order valence-corrected chi connectivity index (χ4v) is 2.19. The number of ether oxygens (including phenoxy) is 1. The van der Waals surface area contributed by atoms with Gasteiger partial charge in [-0.2, -0.15) is 0 Å². The van der Waals surface area contributed by atoms with Crippen LogP contribution >= 0.6 is 11.3 Å². The Labute approximate surface area is 112 Å². The molecule has 2 heterocycles. The van der Waals surface area contributed by atoms with E-state index in [0.29, 0.717) is 10.6 Å². The number of esters is 1. The zero-order valence-electron chi connectivity index (χ0n) is 9.82. The van der Waals surface area contributed by atoms with Crippen LogP contribution in [-0.2, 0) is 4.74 Å². The topological polar surface area (TPSA) is 94.4 Å². The summed E-state index contributed by atoms with van der Waals surface area (Å²) in [6.07, 6.45) is 1.43. The first-order valence-corrected chi connectivity index (χ1v) is 6.03. The van der Waals surface area contributed by atoms with Crippen LogP contribution in [0.2, 0.25) is 0 Å². The first kappa shape index (κ1) is 13.0. The number of pyridine rings is 1. The number of nitro groups is 1. The van der Waals surface area contributed by atoms with Crippen LogP contribution in [0.25, 0.3) is 0 Å². The highest BCUT2D eigenvalue weighted by atomic mass is 32.1. The third-order valence-corrected chi connectivity index (χ3v) is 3.17. The molecule has 2 aromatic heterocycles. The Kier molecular flexibility index (Phi) is 3.71. The third kappa shape index (κ3) is 2.68. The Hall–Kier alpha value is -2.48. The van der Waals surface area contributed by atoms with Crippen LogP contribution in [0.1, 0.15) is 9.67 Å². The van der Waals surface area contributed by atoms with Crippen LogP contribution in [-0.4, -0.2) is 23.0 Å². The van der Waals surface area contributed by atoms with Crippen molar-refractivity contribution in [2.45, 2.75) is 0 Å². The minimum absolute atomic E-state index is 0.0797. The molecule has 0 aliphatic carbocycles. The van der Waals surface area contributed by atoms with Gasteiger partial charge in [-0.15, -0.1) is 11.3 Å². The highest BCUT2D eigenvalue weighted by molar-refractivity contribution is 7.12. The summed E-state index contributed by atoms with van der Waals surface area (Å²) in [6, 6.07) is 4.44. The van der Waals surface area contributed by atoms with Crippen LogP contribution < -0.4 is 5.32 Å². The summed E-state index contributed by atoms with van der Waals surface area (Å²) in [4.78, 5) is 26.1. The molecule has 0 saturated heterocycles. The van der Waals surface area contributed by atoms with Crippen LogP contribution in [0.4, 0.5) is 17.2 Å². The van der Waals surface area contributed by atoms with E-state index in [1.54, 1.807) is 11.4 Å². The number of anilines is 2. The molecular weight excluding hydrogens is 270 g/mol. The highest BCUT2D eigenvalue weighted by Gasteiger charge is 2.18. The smallest absolute Gasteiger partial charge is 0.350 e. The second-order valence-corrected chi connectivity index (χ2v) is 4.32. The molecule has 0 amide bonds. The zero-order chi connectivity index (χ0) is 13.8. The lowest BCUT2D eigenvalue weighted by atomic mass is 10.3. The Morgan fingerprint density at radius 2 is 2.32 bits per heavy atom. The van der Waals surface area contributed by atoms with Gasteiger partial charge in [0.05, 0.1) is 17.7 Å². The number of nitrogens with one attached hydrogen (secondary N) is 1. The second-order valence-electron chi connectivity index (χ2n) is 3.41. The fraction of sp³-hybridized carbons (Fsp3) is 0.0909. The molecule has 2 rings (SSSR count). The van der Waals surface area contributed by atoms with Gasteiger partial charge in [-0.25, -0.2) is 9.78 Å². The van der Waals surface area contributed by atoms with E-state index < -0.39 is 10.9 Å². The van der Waals surface area contributed by atoms with Crippen molar-refractivity contribution in [2.24, 2.45) is 0 Å². The first-order valence-electron chi connectivity index (χ1n) is 5.15. The maximum atomic E-state index is 11.5. The van der Waals surface area contributed by atoms with E-state index in [1.165, 1.54) is 36.8 Å². The van der Waals surface area contributed by atoms with Crippen molar-refractivity contribution >= 4 is 34.5 Å². The summed E-state index contributed by atoms with van der Waals surface area (Å²) < 4.78 is 4.63. The summed E-state index contributed by atoms with van der Waals surface area (Å²) in [5, 5.41) is 15.3. The minimum atomic E-state index is -0.542. The summed E-state index contributed by atoms with van der Waals surface area (Å²) in [5.74, 6) is -0.424. The van der Waals surface area contributed by atoms with Crippen LogP contribution in [0.5, 0.6) is 0 Å². The van der Waals surface area contributed by atoms with Crippen LogP contribution in [0.15, 0.2) is 29.8 Å². The molecule has 0 atom stereocenters. The summed E-state index contributed by atoms with van der Waals surface area (Å²) in [5.41, 5.74) is 0.267. The highest BCUT2D eigenvalue weighted by Crippen LogP contribution is 2.29. The summed E-state index contributed by atoms with van der Waals surface area (Å²) in [7, 11) is 1.27. The van der Waals surface area contributed by atoms with Gasteiger partial charge < -0.3 is 10.1 Å². The number of nitrogens with zero attached hydrogens (tertiary/aromatic N) is 2. The number of hydrogen-bond acceptors (Lipinski definition) is 7. The van der Waals surface area contributed by atoms with Gasteiger partial charge in [0.25, 0.3) is 0 Å². The molecule has 2 aromatic rings. The number of carbonyl (C=O) groups excluding carboxylic acids is 1. The van der Waals surface area contributed by atoms with Crippen molar-refractivity contribution in [3.05, 3.63) is 44.8 Å². The van der Waals surface area contributed by atoms with Crippen LogP contribution in [0, 0.1) is 10.1 Å². The quantitative estimate of drug-likeness (QED) is 0.525. The average molecular weight is 279 g/mol. The van der Waals surface area contributed by atoms with E-state index in [9.17, 15) is 14.9 Å². The van der Waals surface area contributed by atoms with Gasteiger partial charge in [0.2, 0.25) is 5.82 Å². The van der Waals surface area contributed by atoms with Crippen molar-refractivity contribution in [2.75, 3.05) is 12.4 Å². The monoisotopic (exact) mass is 279 g/mol. The van der Waals surface area contributed by atoms with Gasteiger partial charge >= 0.3 is 11.7 Å². The minimum Gasteiger partial charge on any atom is -0.465 e. The van der Waals surface area contributed by atoms with Gasteiger partial charge in [-0.1, -0.05) is 0 Å². The van der Waals surface area contributed by atoms with Crippen molar-refractivity contribution < 1.29 is 14.5 Å². The van der Waals surface area contributed by atoms with E-state index in [-0.39, 0.29) is 11.5 Å². The fourth-order valence-electron chi connectivity index (χ4n) is 1.43. The van der Waals surface area contributed by atoms with E-state index in [4.69, 9.17) is 0 Å². The van der Waals surface area contributed by atoms with Gasteiger partial charge in [0.1, 0.15) is 4.88 Å². The largest absolute Gasteiger partial charge is 0.465 e. The van der Waals surface area contributed by atoms with E-state index in [1.807, 2.05) is 0 Å². The summed E-state index contributed by atoms with van der Waals surface area (Å²) in [6.45, 7) is 0. The number of carbonyl (C=O) groups is 1. The van der Waals surface area contributed by atoms with Crippen molar-refractivity contribution in [3.63, 3.8) is 0 Å². The van der Waals surface area contributed by atoms with Gasteiger partial charge in [-0.05, 0) is 17.5 Å². The predicted molar refractivity (Wildman–Crippen MR) is 69.8 cm³/mol. The van der Waals surface area contributed by atoms with Gasteiger partial charge in [-0.3, -0.25) is 10.1 Å². The molecule has 0 aromatic carbocycles. The van der Waals surface area contributed by atoms with E-state index >= 15 is 0 Å². The molecule has 0 unspecified atom stereocenters. The molecule has 1 N–H and O–H groups in total. The van der Waals surface area contributed by atoms with Crippen LogP contribution in [0.3, 0.4) is 0 Å². The normalized spacial score (nSPS) is 9.95. The number of methoxy groups -OCH3 is 1. The second kappa shape index (κ2) is 5.44. The lowest BCUT2D eigenvalue weighted by Crippen LogP contribution is -2.04. The number of hydrogen-bond donors (Lipinski definition) is 1. The molecule has 7 nitrogen and oxygen atoms in total. The molecule has 0 saturated carbocycles. The Morgan fingerprint density at radius 1 is 1.53 bits per heavy atom. The Balaban J connectivity index is 2.35. The molecule has 0 bridgehead atoms. The maximum Gasteiger partial charge on any atom is 0.350 e. The molecule has 0 spiro atoms. The molecule has 0 radical (unpaired) electrons. The average Bonchev–Trinajstić information content (AvgIpc) is 2.86. The molecule has 0 aliphatic heterocycles. The summed E-state index contributed by atoms with van der Waals surface area (Å²) >= 11 is 1.18. The van der Waals surface area contributed by atoms with E-state index in [2.05, 4.69) is 15.0 Å². The van der Waals surface area contributed by atoms with Gasteiger partial charge in [0.15, 0.2) is 0 Å². The SMILES string of the molecule is COC(=O)c1sccc1Nc1ncccc1[N+](=O)[O-]. The maximum absolute atomic E-state index is 11.5. The van der Waals surface area contributed by atoms with Gasteiger partial charge in [0, 0.05) is 12.3 Å². The van der Waals surface area contributed by atoms with E-state index in [0.717, 1.165) is 0 Å². The van der Waals surface area contributed by atoms with Crippen molar-refractivity contribution in [1.29, 1.82) is 0 Å². The molecular formula is C11H9N3O4S. The zero-order valence-corrected chi connectivity index (χ0v) is 10.6. The predicted octanol–water partition coefficient (Wildman–Crippen LogP) is 2.58. The number of rotatable bonds is 4. The molecule has 0 aliphatic rings. The van der Waals surface area contributed by atoms with Crippen molar-refractivity contribution in [1.82, 2.24) is 4.98 Å². The number of aromatic nitrogens is 1. The molecule has 0 fully saturated rings. The molecule has 8 heteroatoms. The third-order valence-electron chi connectivity index (χ3n) is 2.27. The lowest BCUT2D eigenvalue weighted by molar-refractivity contribution is -0.384. The first-order chi connectivity index (χ1) is 9.13. The lowest BCUT2D eigenvalue weighted by Gasteiger charge is -2.05.